The van der Waals surface area contributed by atoms with Gasteiger partial charge in [-0.25, -0.2) is 4.52 Å². The Hall–Kier alpha value is -1.43. The predicted octanol–water partition coefficient (Wildman–Crippen LogP) is 1.00. The van der Waals surface area contributed by atoms with Crippen molar-refractivity contribution in [2.24, 2.45) is 0 Å². The van der Waals surface area contributed by atoms with E-state index in [9.17, 15) is 0 Å². The van der Waals surface area contributed by atoms with Crippen molar-refractivity contribution in [1.82, 2.24) is 19.8 Å². The van der Waals surface area contributed by atoms with Gasteiger partial charge >= 0.3 is 0 Å². The lowest BCUT2D eigenvalue weighted by Gasteiger charge is -2.16. The molecule has 0 aliphatic heterocycles. The summed E-state index contributed by atoms with van der Waals surface area (Å²) in [5.74, 6) is 0. The number of hydrogen-bond donors (Lipinski definition) is 1. The summed E-state index contributed by atoms with van der Waals surface area (Å²) in [4.78, 5) is 2.30. The molecule has 0 saturated heterocycles. The van der Waals surface area contributed by atoms with E-state index in [-0.39, 0.29) is 0 Å². The fourth-order valence-corrected chi connectivity index (χ4v) is 2.05. The third-order valence-electron chi connectivity index (χ3n) is 3.10. The van der Waals surface area contributed by atoms with Gasteiger partial charge in [0.25, 0.3) is 0 Å². The molecule has 0 atom stereocenters. The fourth-order valence-electron chi connectivity index (χ4n) is 2.05. The van der Waals surface area contributed by atoms with E-state index in [1.807, 2.05) is 29.0 Å². The van der Waals surface area contributed by atoms with Crippen LogP contribution in [0.4, 0.5) is 0 Å². The van der Waals surface area contributed by atoms with E-state index in [1.165, 1.54) is 11.1 Å². The van der Waals surface area contributed by atoms with Crippen molar-refractivity contribution < 1.29 is 4.74 Å². The smallest absolute Gasteiger partial charge is 0.0706 e. The Morgan fingerprint density at radius 2 is 2.26 bits per heavy atom. The Kier molecular flexibility index (Phi) is 5.32. The predicted molar refractivity (Wildman–Crippen MR) is 76.3 cm³/mol. The van der Waals surface area contributed by atoms with Gasteiger partial charge in [-0.15, -0.1) is 0 Å². The molecule has 104 valence electrons. The van der Waals surface area contributed by atoms with Crippen LogP contribution in [-0.4, -0.2) is 54.9 Å². The highest BCUT2D eigenvalue weighted by Crippen LogP contribution is 2.11. The average Bonchev–Trinajstić information content (AvgIpc) is 2.82. The molecule has 5 heteroatoms. The van der Waals surface area contributed by atoms with E-state index in [2.05, 4.69) is 28.4 Å². The van der Waals surface area contributed by atoms with E-state index in [0.29, 0.717) is 0 Å². The zero-order chi connectivity index (χ0) is 13.5. The number of rotatable bonds is 8. The molecule has 19 heavy (non-hydrogen) atoms. The molecule has 0 fully saturated rings. The molecule has 0 aliphatic carbocycles. The molecule has 0 spiro atoms. The van der Waals surface area contributed by atoms with Gasteiger partial charge in [0.15, 0.2) is 0 Å². The second-order valence-corrected chi connectivity index (χ2v) is 4.68. The first-order chi connectivity index (χ1) is 9.31. The lowest BCUT2D eigenvalue weighted by molar-refractivity contribution is 0.197. The highest BCUT2D eigenvalue weighted by Gasteiger charge is 2.06. The number of fused-ring (bicyclic) bond motifs is 1. The normalized spacial score (nSPS) is 11.5. The van der Waals surface area contributed by atoms with Crippen LogP contribution in [0.25, 0.3) is 5.52 Å². The highest BCUT2D eigenvalue weighted by atomic mass is 16.5. The minimum absolute atomic E-state index is 0.762. The first kappa shape index (κ1) is 14.0. The summed E-state index contributed by atoms with van der Waals surface area (Å²) in [5.41, 5.74) is 2.45. The van der Waals surface area contributed by atoms with Gasteiger partial charge in [0.1, 0.15) is 0 Å². The van der Waals surface area contributed by atoms with E-state index in [1.54, 1.807) is 7.11 Å². The van der Waals surface area contributed by atoms with Gasteiger partial charge in [0.2, 0.25) is 0 Å². The number of nitrogens with zero attached hydrogens (tertiary/aromatic N) is 3. The number of methoxy groups -OCH3 is 1. The lowest BCUT2D eigenvalue weighted by Crippen LogP contribution is -2.30. The molecule has 0 amide bonds. The summed E-state index contributed by atoms with van der Waals surface area (Å²) < 4.78 is 6.91. The zero-order valence-corrected chi connectivity index (χ0v) is 11.7. The SMILES string of the molecule is COCCNCCN(C)Cc1cnn2ccccc12. The Morgan fingerprint density at radius 3 is 3.11 bits per heavy atom. The lowest BCUT2D eigenvalue weighted by atomic mass is 10.2. The second-order valence-electron chi connectivity index (χ2n) is 4.68. The van der Waals surface area contributed by atoms with Gasteiger partial charge in [-0.2, -0.15) is 5.10 Å². The standard InChI is InChI=1S/C14H22N4O/c1-17(9-6-15-7-10-19-2)12-13-11-16-18-8-4-3-5-14(13)18/h3-5,8,11,15H,6-7,9-10,12H2,1-2H3. The van der Waals surface area contributed by atoms with Crippen LogP contribution >= 0.6 is 0 Å². The summed E-state index contributed by atoms with van der Waals surface area (Å²) in [6, 6.07) is 6.15. The molecule has 0 aromatic carbocycles. The summed E-state index contributed by atoms with van der Waals surface area (Å²) >= 11 is 0. The van der Waals surface area contributed by atoms with Crippen molar-refractivity contribution in [1.29, 1.82) is 0 Å². The molecular weight excluding hydrogens is 240 g/mol. The van der Waals surface area contributed by atoms with Gasteiger partial charge in [0, 0.05) is 45.0 Å². The minimum atomic E-state index is 0.762. The van der Waals surface area contributed by atoms with Crippen LogP contribution in [0.2, 0.25) is 0 Å². The molecule has 0 aliphatic rings. The molecule has 2 heterocycles. The fraction of sp³-hybridized carbons (Fsp3) is 0.500. The second kappa shape index (κ2) is 7.23. The monoisotopic (exact) mass is 262 g/mol. The molecule has 1 N–H and O–H groups in total. The number of hydrogen-bond acceptors (Lipinski definition) is 4. The number of nitrogens with one attached hydrogen (secondary N) is 1. The summed E-state index contributed by atoms with van der Waals surface area (Å²) in [6.07, 6.45) is 3.93. The first-order valence-corrected chi connectivity index (χ1v) is 6.60. The van der Waals surface area contributed by atoms with Crippen molar-refractivity contribution in [2.45, 2.75) is 6.54 Å². The quantitative estimate of drug-likeness (QED) is 0.721. The third kappa shape index (κ3) is 4.02. The molecule has 0 radical (unpaired) electrons. The van der Waals surface area contributed by atoms with Crippen LogP contribution < -0.4 is 5.32 Å². The molecule has 2 aromatic heterocycles. The molecule has 2 aromatic rings. The summed E-state index contributed by atoms with van der Waals surface area (Å²) in [7, 11) is 3.85. The van der Waals surface area contributed by atoms with Crippen molar-refractivity contribution in [3.63, 3.8) is 0 Å². The van der Waals surface area contributed by atoms with Gasteiger partial charge in [-0.05, 0) is 19.2 Å². The van der Waals surface area contributed by atoms with Crippen LogP contribution in [0.3, 0.4) is 0 Å². The van der Waals surface area contributed by atoms with Crippen molar-refractivity contribution >= 4 is 5.52 Å². The van der Waals surface area contributed by atoms with Crippen LogP contribution in [0.1, 0.15) is 5.56 Å². The average molecular weight is 262 g/mol. The van der Waals surface area contributed by atoms with E-state index >= 15 is 0 Å². The Morgan fingerprint density at radius 1 is 1.37 bits per heavy atom. The highest BCUT2D eigenvalue weighted by molar-refractivity contribution is 5.53. The van der Waals surface area contributed by atoms with Crippen LogP contribution in [0, 0.1) is 0 Å². The van der Waals surface area contributed by atoms with E-state index < -0.39 is 0 Å². The Balaban J connectivity index is 1.80. The maximum absolute atomic E-state index is 5.00. The number of pyridine rings is 1. The maximum Gasteiger partial charge on any atom is 0.0706 e. The topological polar surface area (TPSA) is 41.8 Å². The van der Waals surface area contributed by atoms with Crippen LogP contribution in [-0.2, 0) is 11.3 Å². The first-order valence-electron chi connectivity index (χ1n) is 6.60. The van der Waals surface area contributed by atoms with Gasteiger partial charge in [0.05, 0.1) is 18.3 Å². The molecule has 2 rings (SSSR count). The third-order valence-corrected chi connectivity index (χ3v) is 3.10. The zero-order valence-electron chi connectivity index (χ0n) is 11.7. The van der Waals surface area contributed by atoms with E-state index in [4.69, 9.17) is 4.74 Å². The van der Waals surface area contributed by atoms with Gasteiger partial charge in [-0.1, -0.05) is 6.07 Å². The molecule has 0 unspecified atom stereocenters. The number of aromatic nitrogens is 2. The van der Waals surface area contributed by atoms with Crippen LogP contribution in [0.15, 0.2) is 30.6 Å². The molecule has 0 saturated carbocycles. The van der Waals surface area contributed by atoms with Gasteiger partial charge in [-0.3, -0.25) is 0 Å². The van der Waals surface area contributed by atoms with Crippen LogP contribution in [0.5, 0.6) is 0 Å². The molecule has 5 nitrogen and oxygen atoms in total. The number of ether oxygens (including phenoxy) is 1. The van der Waals surface area contributed by atoms with Crippen molar-refractivity contribution in [2.75, 3.05) is 40.4 Å². The van der Waals surface area contributed by atoms with E-state index in [0.717, 1.165) is 32.8 Å². The minimum Gasteiger partial charge on any atom is -0.383 e. The Bertz CT molecular complexity index is 497. The number of likely N-dealkylation sites (N-methyl/N-ethyl adjacent to an activating group) is 1. The largest absolute Gasteiger partial charge is 0.383 e. The summed E-state index contributed by atoms with van der Waals surface area (Å²) in [5, 5.41) is 7.70. The molecular formula is C14H22N4O. The summed E-state index contributed by atoms with van der Waals surface area (Å²) in [6.45, 7) is 4.56. The van der Waals surface area contributed by atoms with Crippen molar-refractivity contribution in [3.05, 3.63) is 36.2 Å². The Labute approximate surface area is 114 Å². The van der Waals surface area contributed by atoms with Gasteiger partial charge < -0.3 is 15.0 Å². The maximum atomic E-state index is 5.00. The molecule has 0 bridgehead atoms. The van der Waals surface area contributed by atoms with Crippen molar-refractivity contribution in [3.8, 4) is 0 Å².